The first-order chi connectivity index (χ1) is 10.6. The molecule has 0 radical (unpaired) electrons. The maximum Gasteiger partial charge on any atom is 0.224 e. The molecular weight excluding hydrogens is 270 g/mol. The van der Waals surface area contributed by atoms with Crippen LogP contribution in [0.2, 0.25) is 0 Å². The van der Waals surface area contributed by atoms with Crippen molar-refractivity contribution in [2.45, 2.75) is 39.2 Å². The fourth-order valence-electron chi connectivity index (χ4n) is 3.18. The van der Waals surface area contributed by atoms with Gasteiger partial charge in [-0.25, -0.2) is 0 Å². The van der Waals surface area contributed by atoms with E-state index < -0.39 is 0 Å². The van der Waals surface area contributed by atoms with Crippen LogP contribution >= 0.6 is 0 Å². The zero-order chi connectivity index (χ0) is 15.7. The summed E-state index contributed by atoms with van der Waals surface area (Å²) in [6.07, 6.45) is 0.968. The molecular formula is C20H23NO. The van der Waals surface area contributed by atoms with E-state index in [0.717, 1.165) is 6.42 Å². The van der Waals surface area contributed by atoms with Crippen LogP contribution in [0.25, 0.3) is 0 Å². The van der Waals surface area contributed by atoms with Crippen molar-refractivity contribution in [2.24, 2.45) is 5.92 Å². The van der Waals surface area contributed by atoms with Gasteiger partial charge in [-0.15, -0.1) is 0 Å². The van der Waals surface area contributed by atoms with E-state index in [1.54, 1.807) is 0 Å². The Hall–Kier alpha value is -2.09. The Labute approximate surface area is 132 Å². The van der Waals surface area contributed by atoms with Gasteiger partial charge in [-0.05, 0) is 49.8 Å². The maximum absolute atomic E-state index is 12.5. The molecule has 1 N–H and O–H groups in total. The number of benzene rings is 2. The van der Waals surface area contributed by atoms with Crippen molar-refractivity contribution >= 4 is 5.91 Å². The third kappa shape index (κ3) is 3.06. The van der Waals surface area contributed by atoms with Crippen LogP contribution in [-0.4, -0.2) is 5.91 Å². The summed E-state index contributed by atoms with van der Waals surface area (Å²) in [6, 6.07) is 16.8. The average molecular weight is 293 g/mol. The lowest BCUT2D eigenvalue weighted by atomic mass is 10.00. The molecule has 3 atom stereocenters. The van der Waals surface area contributed by atoms with E-state index in [1.807, 2.05) is 18.2 Å². The monoisotopic (exact) mass is 293 g/mol. The lowest BCUT2D eigenvalue weighted by Crippen LogP contribution is -2.28. The Kier molecular flexibility index (Phi) is 4.02. The first kappa shape index (κ1) is 14.8. The van der Waals surface area contributed by atoms with E-state index >= 15 is 0 Å². The third-order valence-electron chi connectivity index (χ3n) is 4.61. The summed E-state index contributed by atoms with van der Waals surface area (Å²) in [5.41, 5.74) is 4.95. The van der Waals surface area contributed by atoms with Crippen LogP contribution in [0, 0.1) is 19.8 Å². The molecule has 0 aromatic heterocycles. The molecule has 0 spiro atoms. The van der Waals surface area contributed by atoms with Gasteiger partial charge < -0.3 is 5.32 Å². The normalized spacial score (nSPS) is 21.2. The summed E-state index contributed by atoms with van der Waals surface area (Å²) in [6.45, 7) is 6.25. The topological polar surface area (TPSA) is 29.1 Å². The van der Waals surface area contributed by atoms with Crippen LogP contribution in [0.15, 0.2) is 48.5 Å². The number of rotatable bonds is 4. The second-order valence-corrected chi connectivity index (χ2v) is 6.45. The Balaban J connectivity index is 1.64. The van der Waals surface area contributed by atoms with Gasteiger partial charge in [-0.1, -0.05) is 54.1 Å². The lowest BCUT2D eigenvalue weighted by molar-refractivity contribution is -0.123. The van der Waals surface area contributed by atoms with E-state index in [9.17, 15) is 4.79 Å². The van der Waals surface area contributed by atoms with Crippen LogP contribution < -0.4 is 5.32 Å². The van der Waals surface area contributed by atoms with Gasteiger partial charge in [-0.3, -0.25) is 4.79 Å². The predicted octanol–water partition coefficient (Wildman–Crippen LogP) is 4.28. The van der Waals surface area contributed by atoms with Crippen LogP contribution in [0.5, 0.6) is 0 Å². The highest BCUT2D eigenvalue weighted by Gasteiger charge is 2.44. The molecule has 2 aromatic rings. The zero-order valence-corrected chi connectivity index (χ0v) is 13.5. The standard InChI is InChI=1S/C20H23NO/c1-13-9-10-14(2)17(11-13)15(3)21-20(22)19-12-18(19)16-7-5-4-6-8-16/h4-11,15,18-19H,12H2,1-3H3,(H,21,22). The number of nitrogens with one attached hydrogen (secondary N) is 1. The van der Waals surface area contributed by atoms with Crippen molar-refractivity contribution in [3.63, 3.8) is 0 Å². The quantitative estimate of drug-likeness (QED) is 0.895. The van der Waals surface area contributed by atoms with Crippen molar-refractivity contribution < 1.29 is 4.79 Å². The van der Waals surface area contributed by atoms with Crippen LogP contribution in [0.4, 0.5) is 0 Å². The van der Waals surface area contributed by atoms with Crippen LogP contribution in [0.3, 0.4) is 0 Å². The fraction of sp³-hybridized carbons (Fsp3) is 0.350. The minimum absolute atomic E-state index is 0.0597. The zero-order valence-electron chi connectivity index (χ0n) is 13.5. The number of aryl methyl sites for hydroxylation is 2. The van der Waals surface area contributed by atoms with E-state index in [-0.39, 0.29) is 17.9 Å². The average Bonchev–Trinajstić information content (AvgIpc) is 3.31. The molecule has 1 aliphatic rings. The van der Waals surface area contributed by atoms with Crippen molar-refractivity contribution in [2.75, 3.05) is 0 Å². The van der Waals surface area contributed by atoms with Crippen molar-refractivity contribution in [1.29, 1.82) is 0 Å². The summed E-state index contributed by atoms with van der Waals surface area (Å²) >= 11 is 0. The van der Waals surface area contributed by atoms with Gasteiger partial charge in [0, 0.05) is 5.92 Å². The molecule has 22 heavy (non-hydrogen) atoms. The summed E-state index contributed by atoms with van der Waals surface area (Å²) < 4.78 is 0. The molecule has 1 aliphatic carbocycles. The van der Waals surface area contributed by atoms with E-state index in [4.69, 9.17) is 0 Å². The number of carbonyl (C=O) groups is 1. The van der Waals surface area contributed by atoms with Gasteiger partial charge >= 0.3 is 0 Å². The van der Waals surface area contributed by atoms with Crippen LogP contribution in [0.1, 0.15) is 47.6 Å². The molecule has 3 rings (SSSR count). The highest BCUT2D eigenvalue weighted by molar-refractivity contribution is 5.83. The van der Waals surface area contributed by atoms with E-state index in [1.165, 1.54) is 22.3 Å². The first-order valence-electron chi connectivity index (χ1n) is 7.98. The largest absolute Gasteiger partial charge is 0.349 e. The van der Waals surface area contributed by atoms with E-state index in [2.05, 4.69) is 56.4 Å². The van der Waals surface area contributed by atoms with Crippen molar-refractivity contribution in [1.82, 2.24) is 5.32 Å². The molecule has 2 nitrogen and oxygen atoms in total. The predicted molar refractivity (Wildman–Crippen MR) is 89.8 cm³/mol. The number of hydrogen-bond acceptors (Lipinski definition) is 1. The smallest absolute Gasteiger partial charge is 0.224 e. The van der Waals surface area contributed by atoms with Gasteiger partial charge in [0.15, 0.2) is 0 Å². The number of hydrogen-bond donors (Lipinski definition) is 1. The minimum Gasteiger partial charge on any atom is -0.349 e. The second kappa shape index (κ2) is 5.96. The summed E-state index contributed by atoms with van der Waals surface area (Å²) in [7, 11) is 0. The summed E-state index contributed by atoms with van der Waals surface area (Å²) in [5, 5.41) is 3.19. The minimum atomic E-state index is 0.0597. The summed E-state index contributed by atoms with van der Waals surface area (Å²) in [5.74, 6) is 0.712. The molecule has 0 aliphatic heterocycles. The molecule has 1 saturated carbocycles. The van der Waals surface area contributed by atoms with Crippen LogP contribution in [-0.2, 0) is 4.79 Å². The highest BCUT2D eigenvalue weighted by Crippen LogP contribution is 2.47. The van der Waals surface area contributed by atoms with Crippen molar-refractivity contribution in [3.05, 3.63) is 70.8 Å². The highest BCUT2D eigenvalue weighted by atomic mass is 16.2. The Morgan fingerprint density at radius 1 is 1.14 bits per heavy atom. The fourth-order valence-corrected chi connectivity index (χ4v) is 3.18. The molecule has 1 amide bonds. The lowest BCUT2D eigenvalue weighted by Gasteiger charge is -2.17. The van der Waals surface area contributed by atoms with Gasteiger partial charge in [-0.2, -0.15) is 0 Å². The molecule has 0 saturated heterocycles. The van der Waals surface area contributed by atoms with Gasteiger partial charge in [0.25, 0.3) is 0 Å². The SMILES string of the molecule is Cc1ccc(C)c(C(C)NC(=O)C2CC2c2ccccc2)c1. The molecule has 1 fully saturated rings. The van der Waals surface area contributed by atoms with Crippen molar-refractivity contribution in [3.8, 4) is 0 Å². The number of amides is 1. The summed E-state index contributed by atoms with van der Waals surface area (Å²) in [4.78, 5) is 12.5. The molecule has 0 bridgehead atoms. The Bertz CT molecular complexity index is 677. The van der Waals surface area contributed by atoms with Gasteiger partial charge in [0.05, 0.1) is 6.04 Å². The molecule has 114 valence electrons. The molecule has 3 unspecified atom stereocenters. The molecule has 2 heteroatoms. The number of carbonyl (C=O) groups excluding carboxylic acids is 1. The maximum atomic E-state index is 12.5. The molecule has 2 aromatic carbocycles. The van der Waals surface area contributed by atoms with Gasteiger partial charge in [0.1, 0.15) is 0 Å². The third-order valence-corrected chi connectivity index (χ3v) is 4.61. The first-order valence-corrected chi connectivity index (χ1v) is 7.98. The van der Waals surface area contributed by atoms with E-state index in [0.29, 0.717) is 5.92 Å². The van der Waals surface area contributed by atoms with Gasteiger partial charge in [0.2, 0.25) is 5.91 Å². The Morgan fingerprint density at radius 3 is 2.59 bits per heavy atom. The second-order valence-electron chi connectivity index (χ2n) is 6.45. The Morgan fingerprint density at radius 2 is 1.86 bits per heavy atom. The molecule has 0 heterocycles.